The largest absolute Gasteiger partial charge is 0.467 e. The molecule has 172 valence electrons. The summed E-state index contributed by atoms with van der Waals surface area (Å²) in [4.78, 5) is 28.4. The van der Waals surface area contributed by atoms with E-state index >= 15 is 0 Å². The molecule has 0 N–H and O–H groups in total. The van der Waals surface area contributed by atoms with E-state index in [1.54, 1.807) is 14.0 Å². The Morgan fingerprint density at radius 1 is 1.09 bits per heavy atom. The van der Waals surface area contributed by atoms with Gasteiger partial charge in [-0.15, -0.1) is 0 Å². The second kappa shape index (κ2) is 9.30. The van der Waals surface area contributed by atoms with Crippen LogP contribution in [0.25, 0.3) is 0 Å². The molecular formula is C26H31N5O2. The Kier molecular flexibility index (Phi) is 6.08. The van der Waals surface area contributed by atoms with E-state index in [0.717, 1.165) is 56.8 Å². The third-order valence-electron chi connectivity index (χ3n) is 7.07. The number of hydrogen-bond acceptors (Lipinski definition) is 6. The van der Waals surface area contributed by atoms with E-state index in [4.69, 9.17) is 14.7 Å². The van der Waals surface area contributed by atoms with Crippen LogP contribution in [-0.2, 0) is 24.1 Å². The molecule has 0 spiro atoms. The first-order valence-corrected chi connectivity index (χ1v) is 11.9. The molecule has 7 nitrogen and oxygen atoms in total. The number of aryl methyl sites for hydroxylation is 1. The quantitative estimate of drug-likeness (QED) is 0.677. The van der Waals surface area contributed by atoms with E-state index in [0.29, 0.717) is 25.1 Å². The van der Waals surface area contributed by atoms with Gasteiger partial charge in [0.1, 0.15) is 5.82 Å². The smallest absolute Gasteiger partial charge is 0.318 e. The van der Waals surface area contributed by atoms with Crippen molar-refractivity contribution < 1.29 is 9.53 Å². The molecule has 1 atom stereocenters. The fourth-order valence-corrected chi connectivity index (χ4v) is 5.42. The van der Waals surface area contributed by atoms with Crippen molar-refractivity contribution in [1.82, 2.24) is 14.9 Å². The number of rotatable bonds is 3. The van der Waals surface area contributed by atoms with Crippen LogP contribution in [0, 0.1) is 11.8 Å². The van der Waals surface area contributed by atoms with E-state index in [-0.39, 0.29) is 5.91 Å². The molecule has 1 aromatic carbocycles. The topological polar surface area (TPSA) is 61.8 Å². The Morgan fingerprint density at radius 2 is 1.91 bits per heavy atom. The monoisotopic (exact) mass is 445 g/mol. The molecular weight excluding hydrogens is 414 g/mol. The van der Waals surface area contributed by atoms with Gasteiger partial charge in [-0.1, -0.05) is 24.1 Å². The minimum absolute atomic E-state index is 0.0934. The summed E-state index contributed by atoms with van der Waals surface area (Å²) >= 11 is 0. The highest BCUT2D eigenvalue weighted by Gasteiger charge is 2.32. The summed E-state index contributed by atoms with van der Waals surface area (Å²) in [6.07, 6.45) is 5.31. The maximum atomic E-state index is 12.1. The normalized spacial score (nSPS) is 19.8. The lowest BCUT2D eigenvalue weighted by Gasteiger charge is -2.41. The van der Waals surface area contributed by atoms with Gasteiger partial charge >= 0.3 is 6.01 Å². The maximum Gasteiger partial charge on any atom is 0.318 e. The van der Waals surface area contributed by atoms with Crippen molar-refractivity contribution in [2.24, 2.45) is 0 Å². The molecule has 2 aromatic rings. The van der Waals surface area contributed by atoms with Gasteiger partial charge in [-0.25, -0.2) is 0 Å². The highest BCUT2D eigenvalue weighted by molar-refractivity contribution is 5.93. The molecule has 2 aliphatic heterocycles. The van der Waals surface area contributed by atoms with Crippen LogP contribution in [0.5, 0.6) is 6.01 Å². The third kappa shape index (κ3) is 4.22. The van der Waals surface area contributed by atoms with Crippen LogP contribution in [0.1, 0.15) is 36.6 Å². The van der Waals surface area contributed by atoms with Crippen molar-refractivity contribution >= 4 is 17.4 Å². The molecule has 33 heavy (non-hydrogen) atoms. The fraction of sp³-hybridized carbons (Fsp3) is 0.500. The van der Waals surface area contributed by atoms with E-state index in [2.05, 4.69) is 45.9 Å². The summed E-state index contributed by atoms with van der Waals surface area (Å²) in [6, 6.07) is 9.68. The van der Waals surface area contributed by atoms with Crippen molar-refractivity contribution in [3.05, 3.63) is 41.1 Å². The van der Waals surface area contributed by atoms with Gasteiger partial charge in [-0.2, -0.15) is 9.97 Å². The molecule has 1 aliphatic carbocycles. The lowest BCUT2D eigenvalue weighted by Crippen LogP contribution is -2.49. The van der Waals surface area contributed by atoms with Crippen LogP contribution >= 0.6 is 0 Å². The first-order chi connectivity index (χ1) is 16.2. The second-order valence-electron chi connectivity index (χ2n) is 8.94. The Labute approximate surface area is 195 Å². The van der Waals surface area contributed by atoms with Crippen LogP contribution in [0.15, 0.2) is 24.3 Å². The van der Waals surface area contributed by atoms with Crippen LogP contribution in [-0.4, -0.2) is 66.7 Å². The molecule has 0 radical (unpaired) electrons. The number of carbonyl (C=O) groups is 1. The highest BCUT2D eigenvalue weighted by Crippen LogP contribution is 2.36. The number of fused-ring (bicyclic) bond motifs is 2. The number of carbonyl (C=O) groups excluding carboxylic acids is 1. The number of methoxy groups -OCH3 is 1. The molecule has 7 heteroatoms. The molecule has 1 amide bonds. The Bertz CT molecular complexity index is 1100. The minimum atomic E-state index is -0.0934. The summed E-state index contributed by atoms with van der Waals surface area (Å²) in [5.74, 6) is 6.24. The van der Waals surface area contributed by atoms with Gasteiger partial charge < -0.3 is 19.4 Å². The van der Waals surface area contributed by atoms with Gasteiger partial charge in [0.25, 0.3) is 5.91 Å². The van der Waals surface area contributed by atoms with Crippen LogP contribution < -0.4 is 14.5 Å². The number of anilines is 2. The first kappa shape index (κ1) is 21.6. The molecule has 0 saturated carbocycles. The first-order valence-electron chi connectivity index (χ1n) is 11.9. The molecule has 1 fully saturated rings. The van der Waals surface area contributed by atoms with Gasteiger partial charge in [0, 0.05) is 56.4 Å². The van der Waals surface area contributed by atoms with Crippen molar-refractivity contribution in [3.8, 4) is 17.9 Å². The number of nitrogens with zero attached hydrogens (tertiary/aromatic N) is 5. The molecule has 1 saturated heterocycles. The van der Waals surface area contributed by atoms with Crippen molar-refractivity contribution in [2.45, 2.75) is 45.1 Å². The van der Waals surface area contributed by atoms with Crippen molar-refractivity contribution in [2.75, 3.05) is 49.6 Å². The number of para-hydroxylation sites is 1. The van der Waals surface area contributed by atoms with E-state index in [1.807, 2.05) is 4.90 Å². The average molecular weight is 446 g/mol. The van der Waals surface area contributed by atoms with E-state index < -0.39 is 0 Å². The van der Waals surface area contributed by atoms with Crippen molar-refractivity contribution in [1.29, 1.82) is 0 Å². The number of amides is 1. The Hall–Kier alpha value is -3.27. The number of aromatic nitrogens is 2. The predicted molar refractivity (Wildman–Crippen MR) is 129 cm³/mol. The van der Waals surface area contributed by atoms with E-state index in [9.17, 15) is 4.79 Å². The van der Waals surface area contributed by atoms with Gasteiger partial charge in [0.15, 0.2) is 0 Å². The Morgan fingerprint density at radius 3 is 2.70 bits per heavy atom. The zero-order valence-corrected chi connectivity index (χ0v) is 19.5. The molecule has 1 aromatic heterocycles. The van der Waals surface area contributed by atoms with Crippen LogP contribution in [0.2, 0.25) is 0 Å². The van der Waals surface area contributed by atoms with Gasteiger partial charge in [-0.3, -0.25) is 4.79 Å². The lowest BCUT2D eigenvalue weighted by molar-refractivity contribution is -0.125. The molecule has 0 bridgehead atoms. The third-order valence-corrected chi connectivity index (χ3v) is 7.07. The minimum Gasteiger partial charge on any atom is -0.467 e. The Balaban J connectivity index is 1.38. The van der Waals surface area contributed by atoms with Crippen molar-refractivity contribution in [3.63, 3.8) is 0 Å². The van der Waals surface area contributed by atoms with Crippen LogP contribution in [0.3, 0.4) is 0 Å². The zero-order chi connectivity index (χ0) is 22.8. The summed E-state index contributed by atoms with van der Waals surface area (Å²) < 4.78 is 5.49. The molecule has 3 aliphatic rings. The highest BCUT2D eigenvalue weighted by atomic mass is 16.5. The average Bonchev–Trinajstić information content (AvgIpc) is 2.87. The summed E-state index contributed by atoms with van der Waals surface area (Å²) in [5, 5.41) is 0. The maximum absolute atomic E-state index is 12.1. The number of ether oxygens (including phenoxy) is 1. The number of benzene rings is 1. The van der Waals surface area contributed by atoms with Gasteiger partial charge in [0.2, 0.25) is 0 Å². The van der Waals surface area contributed by atoms with Crippen LogP contribution in [0.4, 0.5) is 11.5 Å². The number of piperazine rings is 1. The molecule has 5 rings (SSSR count). The zero-order valence-electron chi connectivity index (χ0n) is 19.5. The molecule has 3 heterocycles. The summed E-state index contributed by atoms with van der Waals surface area (Å²) in [7, 11) is 1.63. The predicted octanol–water partition coefficient (Wildman–Crippen LogP) is 2.47. The SMILES string of the molecule is CC#CC(=O)N1CCN(c2nc(OC)nc3c2CCC(N2CCCc4ccccc42)C3)CC1. The lowest BCUT2D eigenvalue weighted by atomic mass is 9.88. The second-order valence-corrected chi connectivity index (χ2v) is 8.94. The molecule has 1 unspecified atom stereocenters. The standard InChI is InChI=1S/C26H31N5O2/c1-3-7-24(32)29-14-16-30(17-15-29)25-21-12-11-20(18-22(21)27-26(28-25)33-2)31-13-6-9-19-8-4-5-10-23(19)31/h4-5,8,10,20H,6,9,11-18H2,1-2H3. The summed E-state index contributed by atoms with van der Waals surface area (Å²) in [6.45, 7) is 5.59. The van der Waals surface area contributed by atoms with E-state index in [1.165, 1.54) is 23.2 Å². The van der Waals surface area contributed by atoms with Gasteiger partial charge in [-0.05, 0) is 50.2 Å². The fourth-order valence-electron chi connectivity index (χ4n) is 5.42. The number of hydrogen-bond donors (Lipinski definition) is 0. The summed E-state index contributed by atoms with van der Waals surface area (Å²) in [5.41, 5.74) is 5.18. The van der Waals surface area contributed by atoms with Gasteiger partial charge in [0.05, 0.1) is 12.8 Å².